The van der Waals surface area contributed by atoms with Gasteiger partial charge in [-0.3, -0.25) is 4.79 Å². The molecule has 0 atom stereocenters. The molecule has 2 aromatic heterocycles. The Morgan fingerprint density at radius 2 is 1.91 bits per heavy atom. The van der Waals surface area contributed by atoms with Gasteiger partial charge in [-0.15, -0.1) is 11.3 Å². The molecule has 2 aromatic carbocycles. The molecular weight excluding hydrogens is 481 g/mol. The summed E-state index contributed by atoms with van der Waals surface area (Å²) in [6.07, 6.45) is 4.72. The van der Waals surface area contributed by atoms with Crippen LogP contribution in [0.2, 0.25) is 10.0 Å². The first-order chi connectivity index (χ1) is 16.0. The number of rotatable bonds is 7. The molecule has 1 N–H and O–H groups in total. The number of para-hydroxylation sites is 1. The van der Waals surface area contributed by atoms with Crippen LogP contribution in [0.15, 0.2) is 78.3 Å². The topological polar surface area (TPSA) is 73.2 Å². The second-order valence-electron chi connectivity index (χ2n) is 6.80. The molecule has 4 rings (SSSR count). The Morgan fingerprint density at radius 3 is 2.67 bits per heavy atom. The van der Waals surface area contributed by atoms with Crippen LogP contribution in [0.25, 0.3) is 22.3 Å². The third kappa shape index (κ3) is 5.90. The van der Waals surface area contributed by atoms with Crippen LogP contribution >= 0.6 is 34.5 Å². The molecule has 1 amide bonds. The number of aromatic nitrogens is 2. The molecular formula is C24H17Cl2N3O3S. The van der Waals surface area contributed by atoms with Crippen LogP contribution in [-0.4, -0.2) is 28.3 Å². The highest BCUT2D eigenvalue weighted by Gasteiger charge is 2.13. The van der Waals surface area contributed by atoms with E-state index in [1.807, 2.05) is 54.0 Å². The molecule has 0 unspecified atom stereocenters. The fourth-order valence-electron chi connectivity index (χ4n) is 2.95. The molecule has 0 bridgehead atoms. The van der Waals surface area contributed by atoms with Gasteiger partial charge in [-0.1, -0.05) is 47.5 Å². The number of hydrogen-bond donors (Lipinski definition) is 1. The molecule has 0 fully saturated rings. The zero-order valence-electron chi connectivity index (χ0n) is 17.1. The quantitative estimate of drug-likeness (QED) is 0.247. The number of nitrogens with zero attached hydrogens (tertiary/aromatic N) is 2. The number of amides is 1. The average Bonchev–Trinajstić information content (AvgIpc) is 3.49. The van der Waals surface area contributed by atoms with Crippen molar-refractivity contribution in [2.45, 2.75) is 0 Å². The summed E-state index contributed by atoms with van der Waals surface area (Å²) in [6, 6.07) is 18.3. The van der Waals surface area contributed by atoms with Crippen LogP contribution in [-0.2, 0) is 14.3 Å². The Kier molecular flexibility index (Phi) is 7.24. The Morgan fingerprint density at radius 1 is 1.09 bits per heavy atom. The highest BCUT2D eigenvalue weighted by molar-refractivity contribution is 7.13. The van der Waals surface area contributed by atoms with Gasteiger partial charge in [0.05, 0.1) is 21.3 Å². The minimum atomic E-state index is -0.660. The van der Waals surface area contributed by atoms with E-state index in [0.29, 0.717) is 15.7 Å². The summed E-state index contributed by atoms with van der Waals surface area (Å²) in [6.45, 7) is -0.465. The zero-order chi connectivity index (χ0) is 23.2. The standard InChI is InChI=1S/C24H17Cl2N3O3S/c25-17-9-10-19(26)20(13-17)27-22(30)15-32-23(31)11-8-16-14-29(18-5-2-1-3-6-18)28-24(16)21-7-4-12-33-21/h1-14H,15H2,(H,27,30). The third-order valence-electron chi connectivity index (χ3n) is 4.46. The predicted octanol–water partition coefficient (Wildman–Crippen LogP) is 6.10. The maximum Gasteiger partial charge on any atom is 0.331 e. The van der Waals surface area contributed by atoms with Gasteiger partial charge >= 0.3 is 5.97 Å². The number of esters is 1. The molecule has 6 nitrogen and oxygen atoms in total. The van der Waals surface area contributed by atoms with Crippen LogP contribution < -0.4 is 5.32 Å². The number of carbonyl (C=O) groups is 2. The predicted molar refractivity (Wildman–Crippen MR) is 132 cm³/mol. The number of ether oxygens (including phenoxy) is 1. The molecule has 0 spiro atoms. The first-order valence-corrected chi connectivity index (χ1v) is 11.4. The van der Waals surface area contributed by atoms with Gasteiger partial charge in [0.15, 0.2) is 6.61 Å². The summed E-state index contributed by atoms with van der Waals surface area (Å²) in [5.74, 6) is -1.19. The highest BCUT2D eigenvalue weighted by atomic mass is 35.5. The lowest BCUT2D eigenvalue weighted by molar-refractivity contribution is -0.142. The van der Waals surface area contributed by atoms with Crippen molar-refractivity contribution in [3.05, 3.63) is 93.9 Å². The van der Waals surface area contributed by atoms with Crippen LogP contribution in [0.4, 0.5) is 5.69 Å². The molecule has 33 heavy (non-hydrogen) atoms. The summed E-state index contributed by atoms with van der Waals surface area (Å²) in [7, 11) is 0. The number of carbonyl (C=O) groups excluding carboxylic acids is 2. The van der Waals surface area contributed by atoms with E-state index in [1.54, 1.807) is 34.2 Å². The molecule has 0 aliphatic heterocycles. The van der Waals surface area contributed by atoms with Crippen molar-refractivity contribution in [1.29, 1.82) is 0 Å². The van der Waals surface area contributed by atoms with E-state index in [-0.39, 0.29) is 0 Å². The zero-order valence-corrected chi connectivity index (χ0v) is 19.4. The van der Waals surface area contributed by atoms with E-state index < -0.39 is 18.5 Å². The largest absolute Gasteiger partial charge is 0.452 e. The van der Waals surface area contributed by atoms with Crippen molar-refractivity contribution < 1.29 is 14.3 Å². The minimum absolute atomic E-state index is 0.329. The van der Waals surface area contributed by atoms with Gasteiger partial charge in [0.2, 0.25) is 0 Å². The molecule has 0 saturated carbocycles. The molecule has 0 saturated heterocycles. The molecule has 0 radical (unpaired) electrons. The molecule has 9 heteroatoms. The Labute approximate surface area is 204 Å². The minimum Gasteiger partial charge on any atom is -0.452 e. The van der Waals surface area contributed by atoms with Gasteiger partial charge in [-0.05, 0) is 47.9 Å². The van der Waals surface area contributed by atoms with E-state index in [2.05, 4.69) is 10.4 Å². The fraction of sp³-hybridized carbons (Fsp3) is 0.0417. The Balaban J connectivity index is 1.43. The first kappa shape index (κ1) is 22.8. The smallest absolute Gasteiger partial charge is 0.331 e. The van der Waals surface area contributed by atoms with Gasteiger partial charge in [0.1, 0.15) is 5.69 Å². The summed E-state index contributed by atoms with van der Waals surface area (Å²) < 4.78 is 6.80. The van der Waals surface area contributed by atoms with E-state index in [9.17, 15) is 9.59 Å². The monoisotopic (exact) mass is 497 g/mol. The summed E-state index contributed by atoms with van der Waals surface area (Å²) >= 11 is 13.5. The molecule has 166 valence electrons. The lowest BCUT2D eigenvalue weighted by Crippen LogP contribution is -2.20. The van der Waals surface area contributed by atoms with Crippen molar-refractivity contribution in [2.24, 2.45) is 0 Å². The number of halogens is 2. The summed E-state index contributed by atoms with van der Waals surface area (Å²) in [5, 5.41) is 9.95. The number of benzene rings is 2. The lowest BCUT2D eigenvalue weighted by atomic mass is 10.2. The van der Waals surface area contributed by atoms with Crippen LogP contribution in [0, 0.1) is 0 Å². The third-order valence-corrected chi connectivity index (χ3v) is 5.91. The number of anilines is 1. The second-order valence-corrected chi connectivity index (χ2v) is 8.60. The highest BCUT2D eigenvalue weighted by Crippen LogP contribution is 2.29. The first-order valence-electron chi connectivity index (χ1n) is 9.78. The van der Waals surface area contributed by atoms with E-state index in [4.69, 9.17) is 27.9 Å². The van der Waals surface area contributed by atoms with Crippen LogP contribution in [0.5, 0.6) is 0 Å². The van der Waals surface area contributed by atoms with Crippen molar-refractivity contribution in [3.63, 3.8) is 0 Å². The van der Waals surface area contributed by atoms with Crippen molar-refractivity contribution in [2.75, 3.05) is 11.9 Å². The van der Waals surface area contributed by atoms with Crippen molar-refractivity contribution >= 4 is 58.2 Å². The average molecular weight is 498 g/mol. The van der Waals surface area contributed by atoms with Crippen molar-refractivity contribution in [1.82, 2.24) is 9.78 Å². The Bertz CT molecular complexity index is 1300. The summed E-state index contributed by atoms with van der Waals surface area (Å²) in [5.41, 5.74) is 2.73. The second kappa shape index (κ2) is 10.5. The van der Waals surface area contributed by atoms with Gasteiger partial charge in [0.25, 0.3) is 5.91 Å². The van der Waals surface area contributed by atoms with Gasteiger partial charge in [-0.25, -0.2) is 9.48 Å². The Hall–Kier alpha value is -3.39. The summed E-state index contributed by atoms with van der Waals surface area (Å²) in [4.78, 5) is 25.3. The molecule has 0 aliphatic carbocycles. The maximum absolute atomic E-state index is 12.2. The van der Waals surface area contributed by atoms with Crippen LogP contribution in [0.1, 0.15) is 5.56 Å². The maximum atomic E-state index is 12.2. The van der Waals surface area contributed by atoms with Gasteiger partial charge in [-0.2, -0.15) is 5.10 Å². The number of thiophene rings is 1. The lowest BCUT2D eigenvalue weighted by Gasteiger charge is -2.07. The van der Waals surface area contributed by atoms with Gasteiger partial charge < -0.3 is 10.1 Å². The molecule has 0 aliphatic rings. The SMILES string of the molecule is O=C(COC(=O)C=Cc1cn(-c2ccccc2)nc1-c1cccs1)Nc1cc(Cl)ccc1Cl. The van der Waals surface area contributed by atoms with Crippen molar-refractivity contribution in [3.8, 4) is 16.3 Å². The van der Waals surface area contributed by atoms with Crippen LogP contribution in [0.3, 0.4) is 0 Å². The normalized spacial score (nSPS) is 11.0. The fourth-order valence-corrected chi connectivity index (χ4v) is 4.02. The van der Waals surface area contributed by atoms with Gasteiger partial charge in [0, 0.05) is 22.9 Å². The number of hydrogen-bond acceptors (Lipinski definition) is 5. The number of nitrogens with one attached hydrogen (secondary N) is 1. The molecule has 2 heterocycles. The van der Waals surface area contributed by atoms with E-state index in [1.165, 1.54) is 12.1 Å². The molecule has 4 aromatic rings. The van der Waals surface area contributed by atoms with E-state index >= 15 is 0 Å². The van der Waals surface area contributed by atoms with E-state index in [0.717, 1.165) is 21.8 Å².